The topological polar surface area (TPSA) is 213 Å². The molecule has 3 heterocycles. The Labute approximate surface area is 454 Å². The van der Waals surface area contributed by atoms with E-state index >= 15 is 0 Å². The Morgan fingerprint density at radius 2 is 1.18 bits per heavy atom. The number of amides is 6. The molecule has 432 valence electrons. The summed E-state index contributed by atoms with van der Waals surface area (Å²) in [6, 6.07) is -6.04. The molecule has 0 bridgehead atoms. The van der Waals surface area contributed by atoms with E-state index in [9.17, 15) is 43.5 Å². The van der Waals surface area contributed by atoms with Crippen LogP contribution in [0.25, 0.3) is 0 Å². The van der Waals surface area contributed by atoms with E-state index in [2.05, 4.69) is 0 Å². The van der Waals surface area contributed by atoms with Gasteiger partial charge >= 0.3 is 11.9 Å². The number of aliphatic hydroxyl groups excluding tert-OH is 1. The molecule has 76 heavy (non-hydrogen) atoms. The lowest BCUT2D eigenvalue weighted by Gasteiger charge is -2.41. The first-order valence-corrected chi connectivity index (χ1v) is 27.9. The molecule has 0 aromatic carbocycles. The van der Waals surface area contributed by atoms with Crippen LogP contribution in [0, 0.1) is 29.6 Å². The van der Waals surface area contributed by atoms with Crippen molar-refractivity contribution < 1.29 is 62.4 Å². The number of carbonyl (C=O) groups excluding carboxylic acids is 8. The van der Waals surface area contributed by atoms with Crippen molar-refractivity contribution in [2.75, 3.05) is 62.1 Å². The minimum Gasteiger partial charge on any atom is -0.496 e. The minimum absolute atomic E-state index is 0.152. The number of aliphatic hydroxyl groups is 1. The molecule has 19 nitrogen and oxygen atoms in total. The van der Waals surface area contributed by atoms with Gasteiger partial charge in [-0.05, 0) is 108 Å². The SMILES string of the molecule is CCC1CCCCC(O)C(C)C(=O)OC(C)C(C)CC=C(C)C(OC)=CC(=O)N(C)C(C(C)CC)C(=O)N(C)C(C(C)C)C(=O)N(C)C(COC)C(=O)N2CCCC2C(=O)N(C)C(C(C)C)C(=O)N2CCCC2C(=O)O1. The van der Waals surface area contributed by atoms with Gasteiger partial charge < -0.3 is 53.5 Å². The van der Waals surface area contributed by atoms with Crippen molar-refractivity contribution in [3.8, 4) is 0 Å². The average Bonchev–Trinajstić information content (AvgIpc) is 4.09. The molecule has 3 aliphatic rings. The Bertz CT molecular complexity index is 2060. The minimum atomic E-state index is -1.19. The summed E-state index contributed by atoms with van der Waals surface area (Å²) >= 11 is 0. The van der Waals surface area contributed by atoms with E-state index in [1.807, 2.05) is 47.6 Å². The maximum Gasteiger partial charge on any atom is 0.329 e. The van der Waals surface area contributed by atoms with Gasteiger partial charge in [0.05, 0.1) is 25.7 Å². The number of methoxy groups -OCH3 is 2. The maximum absolute atomic E-state index is 14.8. The van der Waals surface area contributed by atoms with Gasteiger partial charge in [-0.25, -0.2) is 4.79 Å². The Hall–Kier alpha value is -5.04. The molecule has 0 saturated carbocycles. The number of allylic oxidation sites excluding steroid dienone is 2. The summed E-state index contributed by atoms with van der Waals surface area (Å²) in [7, 11) is 8.95. The third-order valence-electron chi connectivity index (χ3n) is 16.3. The highest BCUT2D eigenvalue weighted by Gasteiger charge is 2.47. The summed E-state index contributed by atoms with van der Waals surface area (Å²) in [5, 5.41) is 11.0. The van der Waals surface area contributed by atoms with Crippen LogP contribution >= 0.6 is 0 Å². The van der Waals surface area contributed by atoms with Crippen LogP contribution < -0.4 is 0 Å². The van der Waals surface area contributed by atoms with E-state index in [1.165, 1.54) is 70.8 Å². The fourth-order valence-electron chi connectivity index (χ4n) is 10.8. The molecule has 2 saturated heterocycles. The Morgan fingerprint density at radius 3 is 1.74 bits per heavy atom. The van der Waals surface area contributed by atoms with Crippen molar-refractivity contribution in [2.24, 2.45) is 29.6 Å². The van der Waals surface area contributed by atoms with Crippen LogP contribution in [0.15, 0.2) is 23.5 Å². The van der Waals surface area contributed by atoms with Crippen LogP contribution in [0.5, 0.6) is 0 Å². The van der Waals surface area contributed by atoms with Crippen LogP contribution in [0.4, 0.5) is 0 Å². The van der Waals surface area contributed by atoms with Crippen molar-refractivity contribution in [1.82, 2.24) is 29.4 Å². The smallest absolute Gasteiger partial charge is 0.329 e. The summed E-state index contributed by atoms with van der Waals surface area (Å²) in [5.74, 6) is -5.76. The highest BCUT2D eigenvalue weighted by molar-refractivity contribution is 5.98. The van der Waals surface area contributed by atoms with Gasteiger partial charge in [0.15, 0.2) is 0 Å². The molecule has 12 unspecified atom stereocenters. The Morgan fingerprint density at radius 1 is 0.645 bits per heavy atom. The predicted molar refractivity (Wildman–Crippen MR) is 289 cm³/mol. The van der Waals surface area contributed by atoms with Gasteiger partial charge in [0.2, 0.25) is 29.5 Å². The molecule has 3 aliphatic heterocycles. The van der Waals surface area contributed by atoms with Crippen molar-refractivity contribution in [3.05, 3.63) is 23.5 Å². The molecule has 3 rings (SSSR count). The second-order valence-corrected chi connectivity index (χ2v) is 22.4. The Kier molecular flexibility index (Phi) is 25.9. The molecule has 0 aromatic rings. The molecule has 2 fully saturated rings. The number of ether oxygens (including phenoxy) is 4. The zero-order valence-electron chi connectivity index (χ0n) is 49.2. The van der Waals surface area contributed by atoms with Crippen LogP contribution in [0.3, 0.4) is 0 Å². The summed E-state index contributed by atoms with van der Waals surface area (Å²) in [6.45, 7) is 20.4. The molecule has 0 radical (unpaired) electrons. The quantitative estimate of drug-likeness (QED) is 0.293. The third kappa shape index (κ3) is 16.3. The first-order valence-electron chi connectivity index (χ1n) is 27.9. The van der Waals surface area contributed by atoms with Gasteiger partial charge in [0.1, 0.15) is 54.2 Å². The summed E-state index contributed by atoms with van der Waals surface area (Å²) < 4.78 is 23.1. The number of hydrogen-bond acceptors (Lipinski definition) is 13. The fraction of sp³-hybridized carbons (Fsp3) is 0.789. The summed E-state index contributed by atoms with van der Waals surface area (Å²) in [6.07, 6.45) is 6.63. The van der Waals surface area contributed by atoms with Crippen LogP contribution in [-0.4, -0.2) is 199 Å². The molecule has 19 heteroatoms. The molecular formula is C57H96N6O13. The first kappa shape index (κ1) is 65.2. The largest absolute Gasteiger partial charge is 0.496 e. The average molecular weight is 1070 g/mol. The molecule has 0 aromatic heterocycles. The lowest BCUT2D eigenvalue weighted by Crippen LogP contribution is -2.62. The summed E-state index contributed by atoms with van der Waals surface area (Å²) in [5.41, 5.74) is 0.644. The normalized spacial score (nSPS) is 30.6. The van der Waals surface area contributed by atoms with E-state index in [4.69, 9.17) is 18.9 Å². The van der Waals surface area contributed by atoms with Gasteiger partial charge in [-0.15, -0.1) is 0 Å². The molecular weight excluding hydrogens is 977 g/mol. The number of cyclic esters (lactones) is 2. The first-order chi connectivity index (χ1) is 35.7. The number of esters is 2. The van der Waals surface area contributed by atoms with Crippen LogP contribution in [0.2, 0.25) is 0 Å². The number of likely N-dealkylation sites (N-methyl/N-ethyl adjacent to an activating group) is 4. The van der Waals surface area contributed by atoms with Crippen molar-refractivity contribution in [1.29, 1.82) is 0 Å². The number of fused-ring (bicyclic) bond motifs is 2. The molecule has 6 amide bonds. The van der Waals surface area contributed by atoms with Gasteiger partial charge in [-0.2, -0.15) is 0 Å². The molecule has 12 atom stereocenters. The van der Waals surface area contributed by atoms with E-state index in [-0.39, 0.29) is 36.7 Å². The predicted octanol–water partition coefficient (Wildman–Crippen LogP) is 5.61. The third-order valence-corrected chi connectivity index (χ3v) is 16.3. The van der Waals surface area contributed by atoms with Crippen molar-refractivity contribution >= 4 is 47.4 Å². The van der Waals surface area contributed by atoms with Crippen molar-refractivity contribution in [3.63, 3.8) is 0 Å². The highest BCUT2D eigenvalue weighted by Crippen LogP contribution is 2.30. The molecule has 0 spiro atoms. The fourth-order valence-corrected chi connectivity index (χ4v) is 10.8. The number of rotatable bonds is 8. The standard InChI is InChI=1S/C57H96N6O13/c1-18-36(7)50-54(69)61(15)48(34(3)4)53(68)58(12)44(33-73-16)52(67)62-30-22-25-42(62)51(66)60(14)49(35(5)6)55(70)63-31-23-26-43(63)57(72)76-41(19-2)24-20-21-27-45(64)39(10)56(71)75-40(11)37(8)28-29-38(9)46(74-17)32-47(65)59(50)13/h29,32,34-37,39-45,48-50,64H,18-28,30-31,33H2,1-17H3. The van der Waals surface area contributed by atoms with E-state index in [0.717, 1.165) is 0 Å². The zero-order chi connectivity index (χ0) is 57.5. The number of hydrogen-bond donors (Lipinski definition) is 1. The van der Waals surface area contributed by atoms with Gasteiger partial charge in [0, 0.05) is 54.5 Å². The van der Waals surface area contributed by atoms with E-state index in [1.54, 1.807) is 41.7 Å². The number of carbonyl (C=O) groups is 8. The molecule has 1 N–H and O–H groups in total. The van der Waals surface area contributed by atoms with Crippen molar-refractivity contribution in [2.45, 2.75) is 201 Å². The number of nitrogens with zero attached hydrogens (tertiary/aromatic N) is 6. The lowest BCUT2D eigenvalue weighted by atomic mass is 9.93. The van der Waals surface area contributed by atoms with Gasteiger partial charge in [-0.3, -0.25) is 33.6 Å². The maximum atomic E-state index is 14.8. The van der Waals surface area contributed by atoms with Gasteiger partial charge in [0.25, 0.3) is 5.91 Å². The van der Waals surface area contributed by atoms with Crippen LogP contribution in [0.1, 0.15) is 147 Å². The second-order valence-electron chi connectivity index (χ2n) is 22.4. The molecule has 0 aliphatic carbocycles. The second kappa shape index (κ2) is 30.2. The Balaban J connectivity index is 2.09. The summed E-state index contributed by atoms with van der Waals surface area (Å²) in [4.78, 5) is 123. The van der Waals surface area contributed by atoms with E-state index in [0.29, 0.717) is 82.7 Å². The lowest BCUT2D eigenvalue weighted by molar-refractivity contribution is -0.162. The zero-order valence-corrected chi connectivity index (χ0v) is 49.2. The highest BCUT2D eigenvalue weighted by atomic mass is 16.5. The van der Waals surface area contributed by atoms with E-state index < -0.39 is 114 Å². The monoisotopic (exact) mass is 1070 g/mol. The van der Waals surface area contributed by atoms with Gasteiger partial charge in [-0.1, -0.05) is 74.3 Å². The van der Waals surface area contributed by atoms with Crippen LogP contribution in [-0.2, 0) is 57.3 Å².